The summed E-state index contributed by atoms with van der Waals surface area (Å²) in [5, 5.41) is 6.38. The van der Waals surface area contributed by atoms with E-state index in [0.717, 1.165) is 19.6 Å². The van der Waals surface area contributed by atoms with Crippen LogP contribution in [0.4, 0.5) is 0 Å². The van der Waals surface area contributed by atoms with Gasteiger partial charge in [0.15, 0.2) is 0 Å². The molecule has 0 aromatic carbocycles. The number of carbonyl (C=O) groups excluding carboxylic acids is 1. The van der Waals surface area contributed by atoms with Crippen LogP contribution in [0.15, 0.2) is 0 Å². The molecule has 1 aliphatic heterocycles. The summed E-state index contributed by atoms with van der Waals surface area (Å²) in [6.45, 7) is 9.08. The maximum atomic E-state index is 11.9. The summed E-state index contributed by atoms with van der Waals surface area (Å²) in [6, 6.07) is 0.547. The minimum atomic E-state index is 0.0932. The first-order valence-electron chi connectivity index (χ1n) is 7.33. The van der Waals surface area contributed by atoms with Gasteiger partial charge in [0.25, 0.3) is 0 Å². The van der Waals surface area contributed by atoms with Crippen LogP contribution in [0.1, 0.15) is 26.7 Å². The Morgan fingerprint density at radius 2 is 2.32 bits per heavy atom. The van der Waals surface area contributed by atoms with E-state index in [4.69, 9.17) is 4.74 Å². The number of rotatable bonds is 9. The standard InChI is InChI=1S/C14H29N3O2/c1-12(2)9-17(10-13-5-4-6-15-13)11-14(18)16-7-8-19-3/h12-13,15H,4-11H2,1-3H3,(H,16,18). The summed E-state index contributed by atoms with van der Waals surface area (Å²) < 4.78 is 4.93. The van der Waals surface area contributed by atoms with E-state index in [2.05, 4.69) is 29.4 Å². The van der Waals surface area contributed by atoms with Gasteiger partial charge >= 0.3 is 0 Å². The van der Waals surface area contributed by atoms with E-state index < -0.39 is 0 Å². The summed E-state index contributed by atoms with van der Waals surface area (Å²) in [4.78, 5) is 14.1. The van der Waals surface area contributed by atoms with Gasteiger partial charge in [-0.15, -0.1) is 0 Å². The summed E-state index contributed by atoms with van der Waals surface area (Å²) in [5.41, 5.74) is 0. The van der Waals surface area contributed by atoms with Crippen LogP contribution in [0, 0.1) is 5.92 Å². The van der Waals surface area contributed by atoms with Gasteiger partial charge in [0, 0.05) is 32.8 Å². The van der Waals surface area contributed by atoms with Crippen molar-refractivity contribution in [3.05, 3.63) is 0 Å². The van der Waals surface area contributed by atoms with E-state index in [1.807, 2.05) is 0 Å². The summed E-state index contributed by atoms with van der Waals surface area (Å²) in [7, 11) is 1.64. The van der Waals surface area contributed by atoms with Crippen molar-refractivity contribution in [3.63, 3.8) is 0 Å². The lowest BCUT2D eigenvalue weighted by Crippen LogP contribution is -2.45. The Bertz CT molecular complexity index is 253. The van der Waals surface area contributed by atoms with Crippen LogP contribution in [0.2, 0.25) is 0 Å². The monoisotopic (exact) mass is 271 g/mol. The topological polar surface area (TPSA) is 53.6 Å². The molecule has 0 aromatic rings. The van der Waals surface area contributed by atoms with E-state index in [0.29, 0.717) is 31.7 Å². The van der Waals surface area contributed by atoms with Gasteiger partial charge in [-0.1, -0.05) is 13.8 Å². The molecule has 2 N–H and O–H groups in total. The smallest absolute Gasteiger partial charge is 0.234 e. The molecule has 1 atom stereocenters. The Hall–Kier alpha value is -0.650. The van der Waals surface area contributed by atoms with E-state index in [1.165, 1.54) is 12.8 Å². The van der Waals surface area contributed by atoms with Crippen molar-refractivity contribution in [2.45, 2.75) is 32.7 Å². The van der Waals surface area contributed by atoms with E-state index >= 15 is 0 Å². The molecule has 1 saturated heterocycles. The number of nitrogens with one attached hydrogen (secondary N) is 2. The fourth-order valence-electron chi connectivity index (χ4n) is 2.50. The van der Waals surface area contributed by atoms with Crippen molar-refractivity contribution < 1.29 is 9.53 Å². The molecule has 1 amide bonds. The number of nitrogens with zero attached hydrogens (tertiary/aromatic N) is 1. The zero-order chi connectivity index (χ0) is 14.1. The fraction of sp³-hybridized carbons (Fsp3) is 0.929. The van der Waals surface area contributed by atoms with Gasteiger partial charge in [0.05, 0.1) is 13.2 Å². The lowest BCUT2D eigenvalue weighted by atomic mass is 10.1. The average Bonchev–Trinajstić information content (AvgIpc) is 2.81. The maximum Gasteiger partial charge on any atom is 0.234 e. The van der Waals surface area contributed by atoms with Crippen molar-refractivity contribution in [3.8, 4) is 0 Å². The Balaban J connectivity index is 2.32. The quantitative estimate of drug-likeness (QED) is 0.598. The van der Waals surface area contributed by atoms with E-state index in [1.54, 1.807) is 7.11 Å². The molecule has 0 bridgehead atoms. The molecular formula is C14H29N3O2. The first kappa shape index (κ1) is 16.4. The minimum Gasteiger partial charge on any atom is -0.383 e. The molecule has 5 nitrogen and oxygen atoms in total. The molecule has 112 valence electrons. The van der Waals surface area contributed by atoms with Crippen LogP contribution < -0.4 is 10.6 Å². The normalized spacial score (nSPS) is 19.3. The van der Waals surface area contributed by atoms with Crippen molar-refractivity contribution >= 4 is 5.91 Å². The first-order chi connectivity index (χ1) is 9.11. The molecule has 1 rings (SSSR count). The second-order valence-electron chi connectivity index (χ2n) is 5.72. The van der Waals surface area contributed by atoms with Crippen LogP contribution in [0.25, 0.3) is 0 Å². The number of hydrogen-bond acceptors (Lipinski definition) is 4. The minimum absolute atomic E-state index is 0.0932. The molecule has 1 heterocycles. The Morgan fingerprint density at radius 1 is 1.53 bits per heavy atom. The molecule has 0 radical (unpaired) electrons. The van der Waals surface area contributed by atoms with Gasteiger partial charge < -0.3 is 15.4 Å². The first-order valence-corrected chi connectivity index (χ1v) is 7.33. The van der Waals surface area contributed by atoms with Crippen LogP contribution in [-0.2, 0) is 9.53 Å². The van der Waals surface area contributed by atoms with Crippen LogP contribution in [0.3, 0.4) is 0 Å². The molecule has 19 heavy (non-hydrogen) atoms. The molecule has 0 aliphatic carbocycles. The Morgan fingerprint density at radius 3 is 2.89 bits per heavy atom. The third-order valence-electron chi connectivity index (χ3n) is 3.26. The van der Waals surface area contributed by atoms with Gasteiger partial charge in [-0.3, -0.25) is 9.69 Å². The van der Waals surface area contributed by atoms with Crippen molar-refractivity contribution in [2.24, 2.45) is 5.92 Å². The Kier molecular flexibility index (Phi) is 8.02. The summed E-state index contributed by atoms with van der Waals surface area (Å²) in [6.07, 6.45) is 2.47. The molecule has 1 fully saturated rings. The average molecular weight is 271 g/mol. The second-order valence-corrected chi connectivity index (χ2v) is 5.72. The van der Waals surface area contributed by atoms with Gasteiger partial charge in [-0.05, 0) is 25.3 Å². The molecule has 1 unspecified atom stereocenters. The van der Waals surface area contributed by atoms with E-state index in [9.17, 15) is 4.79 Å². The molecule has 1 aliphatic rings. The number of ether oxygens (including phenoxy) is 1. The van der Waals surface area contributed by atoms with Crippen LogP contribution in [0.5, 0.6) is 0 Å². The SMILES string of the molecule is COCCNC(=O)CN(CC(C)C)CC1CCCN1. The third-order valence-corrected chi connectivity index (χ3v) is 3.26. The number of amides is 1. The third kappa shape index (κ3) is 7.50. The number of hydrogen-bond donors (Lipinski definition) is 2. The van der Waals surface area contributed by atoms with Gasteiger partial charge in [0.1, 0.15) is 0 Å². The molecule has 5 heteroatoms. The van der Waals surface area contributed by atoms with Gasteiger partial charge in [-0.25, -0.2) is 0 Å². The van der Waals surface area contributed by atoms with Gasteiger partial charge in [0.2, 0.25) is 5.91 Å². The highest BCUT2D eigenvalue weighted by Gasteiger charge is 2.20. The lowest BCUT2D eigenvalue weighted by molar-refractivity contribution is -0.122. The maximum absolute atomic E-state index is 11.9. The zero-order valence-electron chi connectivity index (χ0n) is 12.6. The van der Waals surface area contributed by atoms with Crippen molar-refractivity contribution in [1.29, 1.82) is 0 Å². The number of methoxy groups -OCH3 is 1. The van der Waals surface area contributed by atoms with Crippen LogP contribution >= 0.6 is 0 Å². The van der Waals surface area contributed by atoms with E-state index in [-0.39, 0.29) is 5.91 Å². The zero-order valence-corrected chi connectivity index (χ0v) is 12.6. The van der Waals surface area contributed by atoms with Gasteiger partial charge in [-0.2, -0.15) is 0 Å². The Labute approximate surface area is 117 Å². The van der Waals surface area contributed by atoms with Crippen LogP contribution in [-0.4, -0.2) is 63.3 Å². The summed E-state index contributed by atoms with van der Waals surface area (Å²) in [5.74, 6) is 0.670. The predicted octanol–water partition coefficient (Wildman–Crippen LogP) is 0.459. The predicted molar refractivity (Wildman–Crippen MR) is 77.2 cm³/mol. The lowest BCUT2D eigenvalue weighted by Gasteiger charge is -2.26. The fourth-order valence-corrected chi connectivity index (χ4v) is 2.50. The highest BCUT2D eigenvalue weighted by molar-refractivity contribution is 5.77. The van der Waals surface area contributed by atoms with Crippen molar-refractivity contribution in [1.82, 2.24) is 15.5 Å². The highest BCUT2D eigenvalue weighted by Crippen LogP contribution is 2.08. The molecular weight excluding hydrogens is 242 g/mol. The molecule has 0 aromatic heterocycles. The number of carbonyl (C=O) groups is 1. The highest BCUT2D eigenvalue weighted by atomic mass is 16.5. The largest absolute Gasteiger partial charge is 0.383 e. The molecule has 0 saturated carbocycles. The van der Waals surface area contributed by atoms with Crippen molar-refractivity contribution in [2.75, 3.05) is 46.4 Å². The second kappa shape index (κ2) is 9.28. The molecule has 0 spiro atoms. The summed E-state index contributed by atoms with van der Waals surface area (Å²) >= 11 is 0.